The second kappa shape index (κ2) is 7.95. The maximum absolute atomic E-state index is 12.4. The van der Waals surface area contributed by atoms with Crippen LogP contribution in [0.2, 0.25) is 0 Å². The third-order valence-corrected chi connectivity index (χ3v) is 4.74. The zero-order chi connectivity index (χ0) is 16.1. The molecule has 0 bridgehead atoms. The summed E-state index contributed by atoms with van der Waals surface area (Å²) in [6.45, 7) is 6.23. The van der Waals surface area contributed by atoms with Crippen LogP contribution in [0.1, 0.15) is 25.0 Å². The Morgan fingerprint density at radius 3 is 2.74 bits per heavy atom. The van der Waals surface area contributed by atoms with Crippen LogP contribution in [0.3, 0.4) is 0 Å². The van der Waals surface area contributed by atoms with E-state index in [-0.39, 0.29) is 5.91 Å². The largest absolute Gasteiger partial charge is 0.468 e. The number of amides is 1. The molecule has 1 aromatic rings. The van der Waals surface area contributed by atoms with Gasteiger partial charge in [0.1, 0.15) is 5.76 Å². The zero-order valence-electron chi connectivity index (χ0n) is 13.7. The second-order valence-corrected chi connectivity index (χ2v) is 6.61. The van der Waals surface area contributed by atoms with E-state index in [9.17, 15) is 9.90 Å². The maximum Gasteiger partial charge on any atom is 0.223 e. The number of β-amino-alcohol motifs (C(OH)–C–C–N with tert-alkyl or cyclic N) is 1. The summed E-state index contributed by atoms with van der Waals surface area (Å²) < 4.78 is 5.37. The van der Waals surface area contributed by atoms with Crippen molar-refractivity contribution in [1.82, 2.24) is 14.7 Å². The third-order valence-electron chi connectivity index (χ3n) is 4.74. The van der Waals surface area contributed by atoms with Gasteiger partial charge in [0.05, 0.1) is 18.9 Å². The standard InChI is InChI=1S/C17H27N3O3/c21-15-12-19(14-16-4-3-11-23-16)9-10-20(13-15)17(22)5-8-18-6-1-2-7-18/h3-4,11,15,21H,1-2,5-10,12-14H2. The molecule has 3 heterocycles. The number of carbonyl (C=O) groups excluding carboxylic acids is 1. The fourth-order valence-corrected chi connectivity index (χ4v) is 3.47. The Bertz CT molecular complexity index is 485. The van der Waals surface area contributed by atoms with E-state index in [2.05, 4.69) is 9.80 Å². The molecule has 23 heavy (non-hydrogen) atoms. The van der Waals surface area contributed by atoms with Crippen LogP contribution in [-0.4, -0.2) is 77.6 Å². The molecule has 0 spiro atoms. The summed E-state index contributed by atoms with van der Waals surface area (Å²) >= 11 is 0. The van der Waals surface area contributed by atoms with Crippen molar-refractivity contribution >= 4 is 5.91 Å². The van der Waals surface area contributed by atoms with Crippen LogP contribution in [0.5, 0.6) is 0 Å². The number of nitrogens with zero attached hydrogens (tertiary/aromatic N) is 3. The number of aliphatic hydroxyl groups is 1. The van der Waals surface area contributed by atoms with Crippen LogP contribution in [0.25, 0.3) is 0 Å². The van der Waals surface area contributed by atoms with Gasteiger partial charge in [-0.1, -0.05) is 0 Å². The summed E-state index contributed by atoms with van der Waals surface area (Å²) in [6, 6.07) is 3.81. The van der Waals surface area contributed by atoms with Crippen molar-refractivity contribution in [3.63, 3.8) is 0 Å². The Labute approximate surface area is 137 Å². The third kappa shape index (κ3) is 4.80. The molecule has 2 saturated heterocycles. The van der Waals surface area contributed by atoms with Crippen molar-refractivity contribution in [2.45, 2.75) is 31.9 Å². The molecular formula is C17H27N3O3. The molecule has 0 aromatic carbocycles. The molecule has 6 nitrogen and oxygen atoms in total. The quantitative estimate of drug-likeness (QED) is 0.868. The van der Waals surface area contributed by atoms with Crippen LogP contribution in [0, 0.1) is 0 Å². The summed E-state index contributed by atoms with van der Waals surface area (Å²) in [5, 5.41) is 10.2. The van der Waals surface area contributed by atoms with E-state index in [0.29, 0.717) is 32.6 Å². The first kappa shape index (κ1) is 16.5. The monoisotopic (exact) mass is 321 g/mol. The van der Waals surface area contributed by atoms with Gasteiger partial charge in [-0.05, 0) is 38.1 Å². The smallest absolute Gasteiger partial charge is 0.223 e. The molecule has 1 aromatic heterocycles. The van der Waals surface area contributed by atoms with Gasteiger partial charge in [0.15, 0.2) is 0 Å². The molecule has 0 radical (unpaired) electrons. The molecule has 1 unspecified atom stereocenters. The number of aliphatic hydroxyl groups excluding tert-OH is 1. The average molecular weight is 321 g/mol. The molecule has 2 fully saturated rings. The van der Waals surface area contributed by atoms with Gasteiger partial charge in [-0.25, -0.2) is 0 Å². The van der Waals surface area contributed by atoms with Crippen molar-refractivity contribution in [1.29, 1.82) is 0 Å². The molecule has 128 valence electrons. The predicted octanol–water partition coefficient (Wildman–Crippen LogP) is 0.771. The molecule has 2 aliphatic heterocycles. The van der Waals surface area contributed by atoms with E-state index in [1.165, 1.54) is 12.8 Å². The van der Waals surface area contributed by atoms with Gasteiger partial charge in [-0.15, -0.1) is 0 Å². The summed E-state index contributed by atoms with van der Waals surface area (Å²) in [5.41, 5.74) is 0. The molecule has 3 rings (SSSR count). The van der Waals surface area contributed by atoms with Gasteiger partial charge in [0.25, 0.3) is 0 Å². The highest BCUT2D eigenvalue weighted by Gasteiger charge is 2.25. The number of hydrogen-bond acceptors (Lipinski definition) is 5. The minimum absolute atomic E-state index is 0.163. The van der Waals surface area contributed by atoms with E-state index in [1.807, 2.05) is 17.0 Å². The fraction of sp³-hybridized carbons (Fsp3) is 0.706. The predicted molar refractivity (Wildman–Crippen MR) is 86.9 cm³/mol. The summed E-state index contributed by atoms with van der Waals surface area (Å²) in [7, 11) is 0. The lowest BCUT2D eigenvalue weighted by Gasteiger charge is -2.23. The topological polar surface area (TPSA) is 60.2 Å². The number of likely N-dealkylation sites (tertiary alicyclic amines) is 1. The number of hydrogen-bond donors (Lipinski definition) is 1. The Balaban J connectivity index is 1.47. The number of carbonyl (C=O) groups is 1. The highest BCUT2D eigenvalue weighted by atomic mass is 16.3. The van der Waals surface area contributed by atoms with Crippen LogP contribution in [0.4, 0.5) is 0 Å². The Kier molecular flexibility index (Phi) is 5.70. The van der Waals surface area contributed by atoms with Crippen molar-refractivity contribution in [2.75, 3.05) is 45.8 Å². The zero-order valence-corrected chi connectivity index (χ0v) is 13.7. The first-order valence-corrected chi connectivity index (χ1v) is 8.63. The van der Waals surface area contributed by atoms with Crippen LogP contribution < -0.4 is 0 Å². The Morgan fingerprint density at radius 1 is 1.17 bits per heavy atom. The van der Waals surface area contributed by atoms with Crippen molar-refractivity contribution in [2.24, 2.45) is 0 Å². The van der Waals surface area contributed by atoms with Gasteiger partial charge >= 0.3 is 0 Å². The van der Waals surface area contributed by atoms with Crippen LogP contribution in [0.15, 0.2) is 22.8 Å². The van der Waals surface area contributed by atoms with Crippen molar-refractivity contribution < 1.29 is 14.3 Å². The Morgan fingerprint density at radius 2 is 2.00 bits per heavy atom. The van der Waals surface area contributed by atoms with E-state index in [1.54, 1.807) is 6.26 Å². The number of furan rings is 1. The van der Waals surface area contributed by atoms with Gasteiger partial charge < -0.3 is 19.3 Å². The first-order valence-electron chi connectivity index (χ1n) is 8.63. The highest BCUT2D eigenvalue weighted by Crippen LogP contribution is 2.12. The molecule has 1 N–H and O–H groups in total. The summed E-state index contributed by atoms with van der Waals surface area (Å²) in [4.78, 5) is 18.8. The first-order chi connectivity index (χ1) is 11.2. The van der Waals surface area contributed by atoms with E-state index in [4.69, 9.17) is 4.42 Å². The summed E-state index contributed by atoms with van der Waals surface area (Å²) in [5.74, 6) is 1.06. The molecule has 0 aliphatic carbocycles. The summed E-state index contributed by atoms with van der Waals surface area (Å²) in [6.07, 6.45) is 4.22. The fourth-order valence-electron chi connectivity index (χ4n) is 3.47. The molecule has 1 atom stereocenters. The lowest BCUT2D eigenvalue weighted by Crippen LogP contribution is -2.39. The van der Waals surface area contributed by atoms with Crippen molar-refractivity contribution in [3.8, 4) is 0 Å². The van der Waals surface area contributed by atoms with Crippen molar-refractivity contribution in [3.05, 3.63) is 24.2 Å². The minimum Gasteiger partial charge on any atom is -0.468 e. The molecule has 2 aliphatic rings. The van der Waals surface area contributed by atoms with Gasteiger partial charge in [-0.2, -0.15) is 0 Å². The maximum atomic E-state index is 12.4. The molecular weight excluding hydrogens is 294 g/mol. The lowest BCUT2D eigenvalue weighted by atomic mass is 10.3. The average Bonchev–Trinajstić information content (AvgIpc) is 3.19. The normalized spacial score (nSPS) is 24.0. The van der Waals surface area contributed by atoms with Crippen LogP contribution >= 0.6 is 0 Å². The number of rotatable bonds is 5. The van der Waals surface area contributed by atoms with E-state index < -0.39 is 6.10 Å². The molecule has 0 saturated carbocycles. The minimum atomic E-state index is -0.497. The highest BCUT2D eigenvalue weighted by molar-refractivity contribution is 5.76. The van der Waals surface area contributed by atoms with E-state index >= 15 is 0 Å². The van der Waals surface area contributed by atoms with Gasteiger partial charge in [0, 0.05) is 39.1 Å². The van der Waals surface area contributed by atoms with Gasteiger partial charge in [-0.3, -0.25) is 9.69 Å². The van der Waals surface area contributed by atoms with E-state index in [0.717, 1.165) is 31.9 Å². The lowest BCUT2D eigenvalue weighted by molar-refractivity contribution is -0.132. The Hall–Kier alpha value is -1.37. The molecule has 6 heteroatoms. The SMILES string of the molecule is O=C(CCN1CCCC1)N1CCN(Cc2ccco2)CC(O)C1. The second-order valence-electron chi connectivity index (χ2n) is 6.61. The van der Waals surface area contributed by atoms with Crippen LogP contribution in [-0.2, 0) is 11.3 Å². The van der Waals surface area contributed by atoms with Gasteiger partial charge in [0.2, 0.25) is 5.91 Å². The molecule has 1 amide bonds.